The summed E-state index contributed by atoms with van der Waals surface area (Å²) in [5.41, 5.74) is 10.9. The van der Waals surface area contributed by atoms with Crippen LogP contribution in [0.25, 0.3) is 0 Å². The number of rotatable bonds is 6. The molecule has 0 aliphatic heterocycles. The number of thioether (sulfide) groups is 1. The molecule has 0 saturated heterocycles. The van der Waals surface area contributed by atoms with Gasteiger partial charge in [0.05, 0.1) is 0 Å². The van der Waals surface area contributed by atoms with Crippen molar-refractivity contribution in [2.24, 2.45) is 11.5 Å². The molecule has 0 aromatic carbocycles. The molecule has 0 radical (unpaired) electrons. The van der Waals surface area contributed by atoms with Gasteiger partial charge in [-0.25, -0.2) is 0 Å². The predicted octanol–water partition coefficient (Wildman–Crippen LogP) is 0.806. The molecule has 0 rings (SSSR count). The van der Waals surface area contributed by atoms with Crippen LogP contribution in [0.15, 0.2) is 0 Å². The van der Waals surface area contributed by atoms with Crippen molar-refractivity contribution in [1.29, 1.82) is 0 Å². The van der Waals surface area contributed by atoms with Gasteiger partial charge >= 0.3 is 0 Å². The van der Waals surface area contributed by atoms with Gasteiger partial charge in [-0.15, -0.1) is 0 Å². The van der Waals surface area contributed by atoms with Gasteiger partial charge in [0.15, 0.2) is 0 Å². The van der Waals surface area contributed by atoms with E-state index in [9.17, 15) is 0 Å². The molecule has 0 saturated carbocycles. The second-order valence-corrected chi connectivity index (χ2v) is 3.75. The molecule has 0 spiro atoms. The van der Waals surface area contributed by atoms with Gasteiger partial charge in [-0.3, -0.25) is 0 Å². The van der Waals surface area contributed by atoms with Crippen LogP contribution in [0.5, 0.6) is 0 Å². The summed E-state index contributed by atoms with van der Waals surface area (Å²) in [6.07, 6.45) is 2.25. The molecule has 2 nitrogen and oxygen atoms in total. The Kier molecular flexibility index (Phi) is 7.58. The van der Waals surface area contributed by atoms with Crippen LogP contribution in [0.2, 0.25) is 0 Å². The minimum absolute atomic E-state index is 0.352. The molecule has 3 heteroatoms. The summed E-state index contributed by atoms with van der Waals surface area (Å²) in [6, 6.07) is 0.352. The summed E-state index contributed by atoms with van der Waals surface area (Å²) in [5, 5.41) is 0. The Labute approximate surface area is 67.7 Å². The fraction of sp³-hybridized carbons (Fsp3) is 1.00. The highest BCUT2D eigenvalue weighted by molar-refractivity contribution is 7.99. The highest BCUT2D eigenvalue weighted by Gasteiger charge is 1.93. The monoisotopic (exact) mass is 162 g/mol. The molecule has 0 heterocycles. The lowest BCUT2D eigenvalue weighted by Crippen LogP contribution is -2.15. The Morgan fingerprint density at radius 3 is 2.60 bits per heavy atom. The molecule has 62 valence electrons. The third-order valence-corrected chi connectivity index (χ3v) is 2.31. The van der Waals surface area contributed by atoms with Crippen molar-refractivity contribution in [2.45, 2.75) is 25.8 Å². The van der Waals surface area contributed by atoms with Gasteiger partial charge < -0.3 is 11.5 Å². The fourth-order valence-corrected chi connectivity index (χ4v) is 1.67. The van der Waals surface area contributed by atoms with Crippen LogP contribution in [-0.4, -0.2) is 24.1 Å². The Morgan fingerprint density at radius 1 is 1.40 bits per heavy atom. The summed E-state index contributed by atoms with van der Waals surface area (Å²) >= 11 is 1.95. The number of nitrogens with two attached hydrogens (primary N) is 2. The molecule has 0 bridgehead atoms. The molecule has 1 atom stereocenters. The molecular weight excluding hydrogens is 144 g/mol. The first-order valence-corrected chi connectivity index (χ1v) is 4.96. The Bertz CT molecular complexity index is 66.6. The molecule has 0 amide bonds. The lowest BCUT2D eigenvalue weighted by atomic mass is 10.3. The molecule has 0 aromatic heterocycles. The van der Waals surface area contributed by atoms with Gasteiger partial charge in [0.25, 0.3) is 0 Å². The maximum Gasteiger partial charge on any atom is 0.00183 e. The van der Waals surface area contributed by atoms with E-state index in [0.717, 1.165) is 19.4 Å². The second-order valence-electron chi connectivity index (χ2n) is 2.52. The summed E-state index contributed by atoms with van der Waals surface area (Å²) in [6.45, 7) is 2.86. The zero-order valence-electron chi connectivity index (χ0n) is 6.68. The lowest BCUT2D eigenvalue weighted by molar-refractivity contribution is 0.721. The van der Waals surface area contributed by atoms with Crippen molar-refractivity contribution < 1.29 is 0 Å². The minimum Gasteiger partial charge on any atom is -0.330 e. The maximum absolute atomic E-state index is 5.57. The van der Waals surface area contributed by atoms with Crippen LogP contribution >= 0.6 is 11.8 Å². The zero-order chi connectivity index (χ0) is 7.82. The first-order valence-electron chi connectivity index (χ1n) is 3.80. The summed E-state index contributed by atoms with van der Waals surface area (Å²) in [7, 11) is 0. The average Bonchev–Trinajstić information content (AvgIpc) is 1.87. The van der Waals surface area contributed by atoms with Gasteiger partial charge in [0.1, 0.15) is 0 Å². The van der Waals surface area contributed by atoms with Gasteiger partial charge in [0, 0.05) is 6.04 Å². The summed E-state index contributed by atoms with van der Waals surface area (Å²) in [5.74, 6) is 2.36. The molecule has 1 unspecified atom stereocenters. The van der Waals surface area contributed by atoms with Crippen LogP contribution in [0.4, 0.5) is 0 Å². The fourth-order valence-electron chi connectivity index (χ4n) is 0.557. The standard InChI is InChI=1S/C7H18N2S/c1-7(9)3-6-10-5-2-4-8/h7H,2-6,8-9H2,1H3. The van der Waals surface area contributed by atoms with Crippen LogP contribution in [0.3, 0.4) is 0 Å². The lowest BCUT2D eigenvalue weighted by Gasteiger charge is -2.03. The summed E-state index contributed by atoms with van der Waals surface area (Å²) in [4.78, 5) is 0. The average molecular weight is 162 g/mol. The number of hydrogen-bond donors (Lipinski definition) is 2. The van der Waals surface area contributed by atoms with Crippen LogP contribution in [0, 0.1) is 0 Å². The van der Waals surface area contributed by atoms with E-state index in [1.54, 1.807) is 0 Å². The molecule has 0 fully saturated rings. The first-order chi connectivity index (χ1) is 4.77. The molecule has 0 aliphatic rings. The van der Waals surface area contributed by atoms with Crippen molar-refractivity contribution in [3.8, 4) is 0 Å². The largest absolute Gasteiger partial charge is 0.330 e. The van der Waals surface area contributed by atoms with Gasteiger partial charge in [-0.1, -0.05) is 0 Å². The molecular formula is C7H18N2S. The van der Waals surface area contributed by atoms with Crippen molar-refractivity contribution in [1.82, 2.24) is 0 Å². The van der Waals surface area contributed by atoms with E-state index in [1.165, 1.54) is 11.5 Å². The van der Waals surface area contributed by atoms with Crippen molar-refractivity contribution in [3.63, 3.8) is 0 Å². The number of hydrogen-bond acceptors (Lipinski definition) is 3. The van der Waals surface area contributed by atoms with Gasteiger partial charge in [-0.05, 0) is 37.8 Å². The highest BCUT2D eigenvalue weighted by atomic mass is 32.2. The Balaban J connectivity index is 2.77. The van der Waals surface area contributed by atoms with E-state index < -0.39 is 0 Å². The SMILES string of the molecule is CC(N)CCSCCCN. The predicted molar refractivity (Wildman–Crippen MR) is 49.3 cm³/mol. The third kappa shape index (κ3) is 8.27. The van der Waals surface area contributed by atoms with Gasteiger partial charge in [0.2, 0.25) is 0 Å². The minimum atomic E-state index is 0.352. The first kappa shape index (κ1) is 10.3. The van der Waals surface area contributed by atoms with E-state index in [2.05, 4.69) is 0 Å². The highest BCUT2D eigenvalue weighted by Crippen LogP contribution is 2.04. The van der Waals surface area contributed by atoms with E-state index in [1.807, 2.05) is 18.7 Å². The van der Waals surface area contributed by atoms with Crippen LogP contribution < -0.4 is 11.5 Å². The topological polar surface area (TPSA) is 52.0 Å². The van der Waals surface area contributed by atoms with Gasteiger partial charge in [-0.2, -0.15) is 11.8 Å². The Morgan fingerprint density at radius 2 is 2.10 bits per heavy atom. The molecule has 0 aliphatic carbocycles. The normalized spacial score (nSPS) is 13.5. The van der Waals surface area contributed by atoms with Crippen LogP contribution in [0.1, 0.15) is 19.8 Å². The third-order valence-electron chi connectivity index (χ3n) is 1.21. The quantitative estimate of drug-likeness (QED) is 0.568. The van der Waals surface area contributed by atoms with Crippen LogP contribution in [-0.2, 0) is 0 Å². The second kappa shape index (κ2) is 7.38. The molecule has 4 N–H and O–H groups in total. The zero-order valence-corrected chi connectivity index (χ0v) is 7.49. The van der Waals surface area contributed by atoms with E-state index in [-0.39, 0.29) is 0 Å². The van der Waals surface area contributed by atoms with E-state index in [4.69, 9.17) is 11.5 Å². The smallest absolute Gasteiger partial charge is 0.00183 e. The van der Waals surface area contributed by atoms with Crippen molar-refractivity contribution in [3.05, 3.63) is 0 Å². The molecule has 10 heavy (non-hydrogen) atoms. The maximum atomic E-state index is 5.57. The van der Waals surface area contributed by atoms with E-state index >= 15 is 0 Å². The summed E-state index contributed by atoms with van der Waals surface area (Å²) < 4.78 is 0. The Hall–Kier alpha value is 0.270. The van der Waals surface area contributed by atoms with Crippen molar-refractivity contribution in [2.75, 3.05) is 18.1 Å². The molecule has 0 aromatic rings. The van der Waals surface area contributed by atoms with E-state index in [0.29, 0.717) is 6.04 Å². The van der Waals surface area contributed by atoms with Crippen molar-refractivity contribution >= 4 is 11.8 Å².